The predicted molar refractivity (Wildman–Crippen MR) is 89.8 cm³/mol. The van der Waals surface area contributed by atoms with E-state index >= 15 is 0 Å². The molecule has 130 valence electrons. The molecule has 1 amide bonds. The second-order valence-electron chi connectivity index (χ2n) is 5.53. The largest absolute Gasteiger partial charge is 0.465 e. The van der Waals surface area contributed by atoms with Crippen molar-refractivity contribution in [2.24, 2.45) is 0 Å². The van der Waals surface area contributed by atoms with Crippen molar-refractivity contribution >= 4 is 23.5 Å². The normalized spacial score (nSPS) is 16.6. The summed E-state index contributed by atoms with van der Waals surface area (Å²) in [5.41, 5.74) is 0.914. The maximum atomic E-state index is 12.5. The van der Waals surface area contributed by atoms with Crippen LogP contribution < -0.4 is 4.74 Å². The molecule has 0 bridgehead atoms. The molecule has 1 saturated heterocycles. The molecule has 8 heteroatoms. The Bertz CT molecular complexity index is 764. The Balaban J connectivity index is 1.60. The predicted octanol–water partition coefficient (Wildman–Crippen LogP) is 2.21. The van der Waals surface area contributed by atoms with Crippen LogP contribution in [0.3, 0.4) is 0 Å². The van der Waals surface area contributed by atoms with Crippen LogP contribution in [0.25, 0.3) is 0 Å². The lowest BCUT2D eigenvalue weighted by molar-refractivity contribution is 0.0600. The SMILES string of the molecule is COC(=O)c1ccc(C(=O)N2CCC(Oc3ncc(Cl)cn3)C2)cc1. The summed E-state index contributed by atoms with van der Waals surface area (Å²) >= 11 is 5.74. The van der Waals surface area contributed by atoms with Gasteiger partial charge in [0.15, 0.2) is 0 Å². The summed E-state index contributed by atoms with van der Waals surface area (Å²) in [5, 5.41) is 0.436. The minimum Gasteiger partial charge on any atom is -0.465 e. The molecule has 2 aromatic rings. The number of hydrogen-bond donors (Lipinski definition) is 0. The Morgan fingerprint density at radius 1 is 1.16 bits per heavy atom. The second kappa shape index (κ2) is 7.48. The maximum absolute atomic E-state index is 12.5. The van der Waals surface area contributed by atoms with Gasteiger partial charge in [-0.3, -0.25) is 4.79 Å². The molecule has 7 nitrogen and oxygen atoms in total. The van der Waals surface area contributed by atoms with Crippen LogP contribution in [0.15, 0.2) is 36.7 Å². The zero-order chi connectivity index (χ0) is 17.8. The van der Waals surface area contributed by atoms with E-state index in [0.717, 1.165) is 0 Å². The van der Waals surface area contributed by atoms with E-state index in [4.69, 9.17) is 16.3 Å². The Labute approximate surface area is 149 Å². The van der Waals surface area contributed by atoms with Gasteiger partial charge in [-0.05, 0) is 24.3 Å². The highest BCUT2D eigenvalue weighted by molar-refractivity contribution is 6.30. The van der Waals surface area contributed by atoms with Crippen molar-refractivity contribution in [1.82, 2.24) is 14.9 Å². The van der Waals surface area contributed by atoms with Crippen LogP contribution in [0, 0.1) is 0 Å². The Kier molecular flexibility index (Phi) is 5.14. The summed E-state index contributed by atoms with van der Waals surface area (Å²) in [6, 6.07) is 6.62. The number of carbonyl (C=O) groups excluding carboxylic acids is 2. The van der Waals surface area contributed by atoms with Gasteiger partial charge in [-0.1, -0.05) is 11.6 Å². The van der Waals surface area contributed by atoms with Gasteiger partial charge in [0.25, 0.3) is 5.91 Å². The van der Waals surface area contributed by atoms with Gasteiger partial charge in [0.1, 0.15) is 6.10 Å². The summed E-state index contributed by atoms with van der Waals surface area (Å²) in [5.74, 6) is -0.545. The number of ether oxygens (including phenoxy) is 2. The van der Waals surface area contributed by atoms with Crippen molar-refractivity contribution < 1.29 is 19.1 Å². The van der Waals surface area contributed by atoms with Crippen LogP contribution in [-0.4, -0.2) is 53.0 Å². The number of benzene rings is 1. The average Bonchev–Trinajstić information content (AvgIpc) is 3.11. The molecule has 0 aliphatic carbocycles. The fraction of sp³-hybridized carbons (Fsp3) is 0.294. The standard InChI is InChI=1S/C17H16ClN3O4/c1-24-16(23)12-4-2-11(3-5-12)15(22)21-7-6-14(10-21)25-17-19-8-13(18)9-20-17/h2-5,8-9,14H,6-7,10H2,1H3. The van der Waals surface area contributed by atoms with Crippen molar-refractivity contribution in [3.05, 3.63) is 52.8 Å². The smallest absolute Gasteiger partial charge is 0.337 e. The maximum Gasteiger partial charge on any atom is 0.337 e. The van der Waals surface area contributed by atoms with Crippen molar-refractivity contribution in [3.63, 3.8) is 0 Å². The highest BCUT2D eigenvalue weighted by Gasteiger charge is 2.29. The lowest BCUT2D eigenvalue weighted by Gasteiger charge is -2.17. The van der Waals surface area contributed by atoms with Gasteiger partial charge in [-0.25, -0.2) is 14.8 Å². The first kappa shape index (κ1) is 17.2. The molecular formula is C17H16ClN3O4. The van der Waals surface area contributed by atoms with Crippen LogP contribution in [0.2, 0.25) is 5.02 Å². The number of esters is 1. The second-order valence-corrected chi connectivity index (χ2v) is 5.97. The highest BCUT2D eigenvalue weighted by Crippen LogP contribution is 2.18. The van der Waals surface area contributed by atoms with Gasteiger partial charge in [0, 0.05) is 18.5 Å². The molecule has 25 heavy (non-hydrogen) atoms. The number of halogens is 1. The van der Waals surface area contributed by atoms with Gasteiger partial charge in [0.05, 0.1) is 36.6 Å². The average molecular weight is 362 g/mol. The van der Waals surface area contributed by atoms with Crippen molar-refractivity contribution in [1.29, 1.82) is 0 Å². The Morgan fingerprint density at radius 3 is 2.44 bits per heavy atom. The molecule has 0 N–H and O–H groups in total. The number of carbonyl (C=O) groups is 2. The van der Waals surface area contributed by atoms with Crippen molar-refractivity contribution in [2.45, 2.75) is 12.5 Å². The molecule has 1 fully saturated rings. The Hall–Kier alpha value is -2.67. The van der Waals surface area contributed by atoms with Crippen LogP contribution in [0.5, 0.6) is 6.01 Å². The lowest BCUT2D eigenvalue weighted by atomic mass is 10.1. The molecule has 3 rings (SSSR count). The van der Waals surface area contributed by atoms with E-state index < -0.39 is 5.97 Å². The quantitative estimate of drug-likeness (QED) is 0.776. The van der Waals surface area contributed by atoms with Gasteiger partial charge >= 0.3 is 12.0 Å². The number of methoxy groups -OCH3 is 1. The lowest BCUT2D eigenvalue weighted by Crippen LogP contribution is -2.31. The third-order valence-corrected chi connectivity index (χ3v) is 4.05. The third kappa shape index (κ3) is 4.06. The third-order valence-electron chi connectivity index (χ3n) is 3.85. The van der Waals surface area contributed by atoms with Crippen LogP contribution >= 0.6 is 11.6 Å². The fourth-order valence-electron chi connectivity index (χ4n) is 2.57. The van der Waals surface area contributed by atoms with E-state index in [9.17, 15) is 9.59 Å². The number of rotatable bonds is 4. The van der Waals surface area contributed by atoms with Gasteiger partial charge in [-0.2, -0.15) is 0 Å². The Morgan fingerprint density at radius 2 is 1.80 bits per heavy atom. The van der Waals surface area contributed by atoms with Crippen LogP contribution in [-0.2, 0) is 4.74 Å². The van der Waals surface area contributed by atoms with Crippen molar-refractivity contribution in [3.8, 4) is 6.01 Å². The van der Waals surface area contributed by atoms with E-state index in [2.05, 4.69) is 14.7 Å². The molecule has 0 radical (unpaired) electrons. The zero-order valence-electron chi connectivity index (χ0n) is 13.5. The number of hydrogen-bond acceptors (Lipinski definition) is 6. The summed E-state index contributed by atoms with van der Waals surface area (Å²) in [6.07, 6.45) is 3.45. The molecule has 1 atom stereocenters. The molecule has 1 unspecified atom stereocenters. The molecule has 2 heterocycles. The molecule has 1 aromatic carbocycles. The summed E-state index contributed by atoms with van der Waals surface area (Å²) in [6.45, 7) is 1.03. The summed E-state index contributed by atoms with van der Waals surface area (Å²) in [4.78, 5) is 33.7. The monoisotopic (exact) mass is 361 g/mol. The molecule has 1 aromatic heterocycles. The minimum absolute atomic E-state index is 0.112. The minimum atomic E-state index is -0.434. The van der Waals surface area contributed by atoms with Crippen LogP contribution in [0.4, 0.5) is 0 Å². The first-order chi connectivity index (χ1) is 12.1. The summed E-state index contributed by atoms with van der Waals surface area (Å²) < 4.78 is 10.3. The van der Waals surface area contributed by atoms with E-state index in [1.807, 2.05) is 0 Å². The van der Waals surface area contributed by atoms with E-state index in [1.54, 1.807) is 29.2 Å². The number of likely N-dealkylation sites (tertiary alicyclic amines) is 1. The first-order valence-corrected chi connectivity index (χ1v) is 8.06. The highest BCUT2D eigenvalue weighted by atomic mass is 35.5. The fourth-order valence-corrected chi connectivity index (χ4v) is 2.67. The number of nitrogens with zero attached hydrogens (tertiary/aromatic N) is 3. The molecule has 0 saturated carbocycles. The summed E-state index contributed by atoms with van der Waals surface area (Å²) in [7, 11) is 1.32. The van der Waals surface area contributed by atoms with Gasteiger partial charge in [-0.15, -0.1) is 0 Å². The van der Waals surface area contributed by atoms with Crippen molar-refractivity contribution in [2.75, 3.05) is 20.2 Å². The van der Waals surface area contributed by atoms with E-state index in [-0.39, 0.29) is 18.0 Å². The molecule has 1 aliphatic heterocycles. The number of aromatic nitrogens is 2. The topological polar surface area (TPSA) is 81.6 Å². The zero-order valence-corrected chi connectivity index (χ0v) is 14.3. The molecule has 1 aliphatic rings. The van der Waals surface area contributed by atoms with Crippen LogP contribution in [0.1, 0.15) is 27.1 Å². The first-order valence-electron chi connectivity index (χ1n) is 7.68. The molecule has 0 spiro atoms. The van der Waals surface area contributed by atoms with Gasteiger partial charge in [0.2, 0.25) is 0 Å². The molecular weight excluding hydrogens is 346 g/mol. The van der Waals surface area contributed by atoms with E-state index in [1.165, 1.54) is 19.5 Å². The van der Waals surface area contributed by atoms with Gasteiger partial charge < -0.3 is 14.4 Å². The van der Waals surface area contributed by atoms with E-state index in [0.29, 0.717) is 35.7 Å². The number of amides is 1.